The summed E-state index contributed by atoms with van der Waals surface area (Å²) < 4.78 is 37.8. The number of alkyl halides is 3. The van der Waals surface area contributed by atoms with E-state index in [0.29, 0.717) is 13.0 Å². The number of aromatic nitrogens is 1. The molecule has 0 saturated heterocycles. The van der Waals surface area contributed by atoms with Crippen molar-refractivity contribution in [1.82, 2.24) is 4.98 Å². The monoisotopic (exact) mass is 314 g/mol. The predicted molar refractivity (Wildman–Crippen MR) is 74.5 cm³/mol. The number of hydrogen-bond acceptors (Lipinski definition) is 4. The Hall–Kier alpha value is -1.73. The van der Waals surface area contributed by atoms with Crippen molar-refractivity contribution in [2.24, 2.45) is 5.73 Å². The van der Waals surface area contributed by atoms with Crippen LogP contribution in [0.5, 0.6) is 0 Å². The van der Waals surface area contributed by atoms with Crippen molar-refractivity contribution in [3.63, 3.8) is 0 Å². The molecule has 0 bridgehead atoms. The van der Waals surface area contributed by atoms with Gasteiger partial charge in [0.1, 0.15) is 5.69 Å². The minimum Gasteiger partial charge on any atom is -0.330 e. The first kappa shape index (κ1) is 15.7. The molecular formula is C14H13F3N2OS. The van der Waals surface area contributed by atoms with E-state index in [0.717, 1.165) is 17.1 Å². The second-order valence-electron chi connectivity index (χ2n) is 4.52. The molecule has 0 radical (unpaired) electrons. The third-order valence-electron chi connectivity index (χ3n) is 2.94. The maximum absolute atomic E-state index is 12.6. The number of carbonyl (C=O) groups is 1. The van der Waals surface area contributed by atoms with Gasteiger partial charge in [0.15, 0.2) is 0 Å². The summed E-state index contributed by atoms with van der Waals surface area (Å²) in [5, 5.41) is 2.34. The molecule has 0 aliphatic rings. The third-order valence-corrected chi connectivity index (χ3v) is 3.85. The Morgan fingerprint density at radius 2 is 2.10 bits per heavy atom. The number of halogens is 3. The van der Waals surface area contributed by atoms with Crippen molar-refractivity contribution in [1.29, 1.82) is 0 Å². The summed E-state index contributed by atoms with van der Waals surface area (Å²) in [4.78, 5) is 16.4. The zero-order valence-electron chi connectivity index (χ0n) is 11.2. The second kappa shape index (κ2) is 5.95. The Kier molecular flexibility index (Phi) is 4.43. The number of nitrogens with zero attached hydrogens (tertiary/aromatic N) is 1. The molecule has 0 aliphatic carbocycles. The number of rotatable bonds is 4. The highest BCUT2D eigenvalue weighted by molar-refractivity contribution is 7.09. The van der Waals surface area contributed by atoms with Gasteiger partial charge in [0, 0.05) is 17.4 Å². The van der Waals surface area contributed by atoms with Crippen LogP contribution >= 0.6 is 11.3 Å². The molecule has 0 aliphatic heterocycles. The molecule has 2 aromatic rings. The maximum Gasteiger partial charge on any atom is 0.416 e. The first-order chi connectivity index (χ1) is 9.82. The average Bonchev–Trinajstić information content (AvgIpc) is 2.86. The molecule has 1 aromatic carbocycles. The van der Waals surface area contributed by atoms with E-state index in [-0.39, 0.29) is 22.6 Å². The summed E-state index contributed by atoms with van der Waals surface area (Å²) in [5.74, 6) is -0.374. The van der Waals surface area contributed by atoms with E-state index in [1.165, 1.54) is 24.3 Å². The first-order valence-electron chi connectivity index (χ1n) is 6.20. The van der Waals surface area contributed by atoms with Crippen LogP contribution in [0.3, 0.4) is 0 Å². The zero-order chi connectivity index (χ0) is 15.6. The minimum absolute atomic E-state index is 0.229. The van der Waals surface area contributed by atoms with Gasteiger partial charge in [0.25, 0.3) is 0 Å². The van der Waals surface area contributed by atoms with Gasteiger partial charge in [-0.1, -0.05) is 6.07 Å². The van der Waals surface area contributed by atoms with Gasteiger partial charge >= 0.3 is 6.18 Å². The van der Waals surface area contributed by atoms with E-state index in [1.54, 1.807) is 5.38 Å². The second-order valence-corrected chi connectivity index (χ2v) is 5.46. The molecule has 1 heterocycles. The molecule has 0 fully saturated rings. The summed E-state index contributed by atoms with van der Waals surface area (Å²) in [7, 11) is 0. The van der Waals surface area contributed by atoms with E-state index in [4.69, 9.17) is 5.73 Å². The Labute approximate surface area is 123 Å². The number of carbonyl (C=O) groups excluding carboxylic acids is 1. The van der Waals surface area contributed by atoms with Gasteiger partial charge in [-0.05, 0) is 31.2 Å². The summed E-state index contributed by atoms with van der Waals surface area (Å²) in [6.07, 6.45) is -3.84. The lowest BCUT2D eigenvalue weighted by atomic mass is 10.0. The van der Waals surface area contributed by atoms with Crippen LogP contribution in [0.15, 0.2) is 23.6 Å². The molecule has 112 valence electrons. The molecule has 0 unspecified atom stereocenters. The van der Waals surface area contributed by atoms with Crippen molar-refractivity contribution in [3.05, 3.63) is 51.0 Å². The van der Waals surface area contributed by atoms with Crippen molar-refractivity contribution < 1.29 is 18.0 Å². The van der Waals surface area contributed by atoms with Gasteiger partial charge in [0.2, 0.25) is 5.78 Å². The highest BCUT2D eigenvalue weighted by Crippen LogP contribution is 2.31. The van der Waals surface area contributed by atoms with Gasteiger partial charge in [-0.3, -0.25) is 4.79 Å². The third kappa shape index (κ3) is 3.48. The lowest BCUT2D eigenvalue weighted by Crippen LogP contribution is -2.09. The van der Waals surface area contributed by atoms with Gasteiger partial charge in [0.05, 0.1) is 10.6 Å². The first-order valence-corrected chi connectivity index (χ1v) is 7.08. The number of thiazole rings is 1. The van der Waals surface area contributed by atoms with Crippen molar-refractivity contribution in [3.8, 4) is 0 Å². The van der Waals surface area contributed by atoms with E-state index >= 15 is 0 Å². The van der Waals surface area contributed by atoms with Crippen LogP contribution in [0.2, 0.25) is 0 Å². The fourth-order valence-electron chi connectivity index (χ4n) is 1.89. The van der Waals surface area contributed by atoms with E-state index in [9.17, 15) is 18.0 Å². The molecule has 0 amide bonds. The molecule has 7 heteroatoms. The quantitative estimate of drug-likeness (QED) is 0.882. The topological polar surface area (TPSA) is 56.0 Å². The highest BCUT2D eigenvalue weighted by Gasteiger charge is 2.31. The molecule has 3 nitrogen and oxygen atoms in total. The molecule has 0 atom stereocenters. The van der Waals surface area contributed by atoms with Gasteiger partial charge in [-0.15, -0.1) is 11.3 Å². The lowest BCUT2D eigenvalue weighted by Gasteiger charge is -2.09. The van der Waals surface area contributed by atoms with Crippen molar-refractivity contribution in [2.75, 3.05) is 6.54 Å². The van der Waals surface area contributed by atoms with Crippen LogP contribution in [0, 0.1) is 6.92 Å². The number of ketones is 1. The Morgan fingerprint density at radius 3 is 2.67 bits per heavy atom. The van der Waals surface area contributed by atoms with Crippen molar-refractivity contribution in [2.45, 2.75) is 19.5 Å². The molecule has 0 saturated carbocycles. The van der Waals surface area contributed by atoms with E-state index < -0.39 is 11.7 Å². The standard InChI is InChI=1S/C14H13F3N2OS/c1-8-6-9(14(15,16)17)2-3-10(8)13(20)11-7-21-12(19-11)4-5-18/h2-3,6-7H,4-5,18H2,1H3. The van der Waals surface area contributed by atoms with Gasteiger partial charge in [-0.25, -0.2) is 4.98 Å². The van der Waals surface area contributed by atoms with Crippen LogP contribution in [0.4, 0.5) is 13.2 Å². The number of benzene rings is 1. The average molecular weight is 314 g/mol. The molecular weight excluding hydrogens is 301 g/mol. The van der Waals surface area contributed by atoms with Crippen molar-refractivity contribution >= 4 is 17.1 Å². The smallest absolute Gasteiger partial charge is 0.330 e. The number of aryl methyl sites for hydroxylation is 1. The van der Waals surface area contributed by atoms with Crippen LogP contribution in [-0.2, 0) is 12.6 Å². The van der Waals surface area contributed by atoms with Crippen LogP contribution in [0.1, 0.15) is 32.2 Å². The summed E-state index contributed by atoms with van der Waals surface area (Å²) >= 11 is 1.32. The molecule has 2 N–H and O–H groups in total. The fraction of sp³-hybridized carbons (Fsp3) is 0.286. The highest BCUT2D eigenvalue weighted by atomic mass is 32.1. The zero-order valence-corrected chi connectivity index (χ0v) is 12.0. The molecule has 0 spiro atoms. The summed E-state index contributed by atoms with van der Waals surface area (Å²) in [6.45, 7) is 1.91. The van der Waals surface area contributed by atoms with Gasteiger partial charge < -0.3 is 5.73 Å². The van der Waals surface area contributed by atoms with E-state index in [1.807, 2.05) is 0 Å². The van der Waals surface area contributed by atoms with Crippen LogP contribution in [0.25, 0.3) is 0 Å². The van der Waals surface area contributed by atoms with Gasteiger partial charge in [-0.2, -0.15) is 13.2 Å². The molecule has 21 heavy (non-hydrogen) atoms. The fourth-order valence-corrected chi connectivity index (χ4v) is 2.68. The lowest BCUT2D eigenvalue weighted by molar-refractivity contribution is -0.137. The number of hydrogen-bond donors (Lipinski definition) is 1. The van der Waals surface area contributed by atoms with Crippen LogP contribution < -0.4 is 5.73 Å². The molecule has 1 aromatic heterocycles. The van der Waals surface area contributed by atoms with Crippen LogP contribution in [-0.4, -0.2) is 17.3 Å². The number of nitrogens with two attached hydrogens (primary N) is 1. The minimum atomic E-state index is -4.42. The Balaban J connectivity index is 2.30. The Morgan fingerprint density at radius 1 is 1.38 bits per heavy atom. The maximum atomic E-state index is 12.6. The largest absolute Gasteiger partial charge is 0.416 e. The predicted octanol–water partition coefficient (Wildman–Crippen LogP) is 3.20. The summed E-state index contributed by atoms with van der Waals surface area (Å²) in [5.41, 5.74) is 5.40. The Bertz CT molecular complexity index is 664. The molecule has 2 rings (SSSR count). The van der Waals surface area contributed by atoms with E-state index in [2.05, 4.69) is 4.98 Å². The summed E-state index contributed by atoms with van der Waals surface area (Å²) in [6, 6.07) is 3.08. The normalized spacial score (nSPS) is 11.7. The SMILES string of the molecule is Cc1cc(C(F)(F)F)ccc1C(=O)c1csc(CCN)n1.